The van der Waals surface area contributed by atoms with Crippen molar-refractivity contribution in [2.75, 3.05) is 19.6 Å². The van der Waals surface area contributed by atoms with Crippen molar-refractivity contribution in [2.45, 2.75) is 26.2 Å². The van der Waals surface area contributed by atoms with Gasteiger partial charge in [-0.2, -0.15) is 0 Å². The maximum atomic E-state index is 12.5. The molecular formula is C16H20N2O3. The summed E-state index contributed by atoms with van der Waals surface area (Å²) in [6.45, 7) is 3.88. The highest BCUT2D eigenvalue weighted by Gasteiger charge is 2.41. The predicted molar refractivity (Wildman–Crippen MR) is 78.0 cm³/mol. The summed E-state index contributed by atoms with van der Waals surface area (Å²) in [7, 11) is 0. The number of piperidine rings is 1. The van der Waals surface area contributed by atoms with Crippen LogP contribution in [0.3, 0.4) is 0 Å². The molecule has 2 heterocycles. The van der Waals surface area contributed by atoms with Crippen molar-refractivity contribution in [1.82, 2.24) is 10.2 Å². The van der Waals surface area contributed by atoms with E-state index in [1.807, 2.05) is 13.0 Å². The van der Waals surface area contributed by atoms with Crippen molar-refractivity contribution in [3.8, 4) is 5.75 Å². The Morgan fingerprint density at radius 3 is 2.62 bits per heavy atom. The fourth-order valence-corrected chi connectivity index (χ4v) is 3.28. The van der Waals surface area contributed by atoms with Gasteiger partial charge in [-0.15, -0.1) is 0 Å². The number of likely N-dealkylation sites (tertiary alicyclic amines) is 1. The van der Waals surface area contributed by atoms with E-state index in [0.29, 0.717) is 25.1 Å². The van der Waals surface area contributed by atoms with E-state index in [9.17, 15) is 14.7 Å². The lowest BCUT2D eigenvalue weighted by molar-refractivity contribution is -0.119. The number of aromatic hydroxyl groups is 1. The Hall–Kier alpha value is -2.04. The molecule has 0 atom stereocenters. The summed E-state index contributed by atoms with van der Waals surface area (Å²) in [6, 6.07) is 5.12. The molecule has 2 saturated heterocycles. The van der Waals surface area contributed by atoms with Crippen LogP contribution in [0.25, 0.3) is 0 Å². The van der Waals surface area contributed by atoms with Crippen LogP contribution in [0.4, 0.5) is 0 Å². The molecule has 1 aromatic carbocycles. The van der Waals surface area contributed by atoms with Crippen LogP contribution >= 0.6 is 0 Å². The number of phenolic OH excluding ortho intramolecular Hbond substituents is 1. The van der Waals surface area contributed by atoms with Gasteiger partial charge in [-0.1, -0.05) is 6.07 Å². The number of aryl methyl sites for hydroxylation is 1. The summed E-state index contributed by atoms with van der Waals surface area (Å²) < 4.78 is 0. The maximum Gasteiger partial charge on any atom is 0.257 e. The molecule has 3 rings (SSSR count). The van der Waals surface area contributed by atoms with Crippen LogP contribution in [0, 0.1) is 12.3 Å². The van der Waals surface area contributed by atoms with E-state index in [0.717, 1.165) is 24.9 Å². The molecular weight excluding hydrogens is 268 g/mol. The number of benzene rings is 1. The maximum absolute atomic E-state index is 12.5. The minimum Gasteiger partial charge on any atom is -0.507 e. The van der Waals surface area contributed by atoms with Crippen LogP contribution in [0.1, 0.15) is 35.2 Å². The molecule has 0 unspecified atom stereocenters. The fraction of sp³-hybridized carbons (Fsp3) is 0.500. The Balaban J connectivity index is 1.69. The molecule has 2 amide bonds. The first-order valence-corrected chi connectivity index (χ1v) is 7.35. The molecule has 2 N–H and O–H groups in total. The molecule has 5 nitrogen and oxygen atoms in total. The molecule has 21 heavy (non-hydrogen) atoms. The van der Waals surface area contributed by atoms with E-state index in [4.69, 9.17) is 0 Å². The van der Waals surface area contributed by atoms with Gasteiger partial charge in [-0.25, -0.2) is 0 Å². The third-order valence-electron chi connectivity index (χ3n) is 4.69. The molecule has 112 valence electrons. The zero-order chi connectivity index (χ0) is 15.0. The number of nitrogens with one attached hydrogen (secondary N) is 1. The number of nitrogens with zero attached hydrogens (tertiary/aromatic N) is 1. The van der Waals surface area contributed by atoms with E-state index >= 15 is 0 Å². The van der Waals surface area contributed by atoms with Gasteiger partial charge in [0.05, 0.1) is 5.56 Å². The van der Waals surface area contributed by atoms with Gasteiger partial charge in [0.25, 0.3) is 5.91 Å². The molecule has 2 aliphatic rings. The van der Waals surface area contributed by atoms with E-state index in [-0.39, 0.29) is 23.0 Å². The van der Waals surface area contributed by atoms with Crippen molar-refractivity contribution in [2.24, 2.45) is 5.41 Å². The second kappa shape index (κ2) is 5.06. The van der Waals surface area contributed by atoms with Gasteiger partial charge < -0.3 is 15.3 Å². The Morgan fingerprint density at radius 2 is 2.05 bits per heavy atom. The molecule has 2 aliphatic heterocycles. The van der Waals surface area contributed by atoms with Crippen molar-refractivity contribution in [3.63, 3.8) is 0 Å². The molecule has 1 aromatic rings. The normalized spacial score (nSPS) is 20.6. The van der Waals surface area contributed by atoms with Gasteiger partial charge >= 0.3 is 0 Å². The SMILES string of the molecule is Cc1ccc(C(=O)N2CCC3(CC2)CNC(=O)C3)c(O)c1. The van der Waals surface area contributed by atoms with Gasteiger partial charge in [-0.3, -0.25) is 9.59 Å². The van der Waals surface area contributed by atoms with E-state index in [1.54, 1.807) is 17.0 Å². The number of carbonyl (C=O) groups is 2. The third-order valence-corrected chi connectivity index (χ3v) is 4.69. The summed E-state index contributed by atoms with van der Waals surface area (Å²) in [5.41, 5.74) is 1.32. The quantitative estimate of drug-likeness (QED) is 0.821. The number of rotatable bonds is 1. The molecule has 2 fully saturated rings. The fourth-order valence-electron chi connectivity index (χ4n) is 3.28. The molecule has 0 aliphatic carbocycles. The smallest absolute Gasteiger partial charge is 0.257 e. The van der Waals surface area contributed by atoms with Crippen molar-refractivity contribution in [3.05, 3.63) is 29.3 Å². The van der Waals surface area contributed by atoms with Crippen LogP contribution in [0.15, 0.2) is 18.2 Å². The average molecular weight is 288 g/mol. The molecule has 0 saturated carbocycles. The Kier molecular flexibility index (Phi) is 3.35. The lowest BCUT2D eigenvalue weighted by atomic mass is 9.77. The summed E-state index contributed by atoms with van der Waals surface area (Å²) in [6.07, 6.45) is 2.25. The highest BCUT2D eigenvalue weighted by molar-refractivity contribution is 5.97. The number of hydrogen-bond acceptors (Lipinski definition) is 3. The highest BCUT2D eigenvalue weighted by atomic mass is 16.3. The Morgan fingerprint density at radius 1 is 1.33 bits per heavy atom. The van der Waals surface area contributed by atoms with Crippen molar-refractivity contribution < 1.29 is 14.7 Å². The van der Waals surface area contributed by atoms with Gasteiger partial charge in [-0.05, 0) is 42.9 Å². The molecule has 1 spiro atoms. The summed E-state index contributed by atoms with van der Waals surface area (Å²) in [4.78, 5) is 25.7. The van der Waals surface area contributed by atoms with Gasteiger partial charge in [0.15, 0.2) is 0 Å². The van der Waals surface area contributed by atoms with Crippen LogP contribution < -0.4 is 5.32 Å². The average Bonchev–Trinajstić information content (AvgIpc) is 2.80. The van der Waals surface area contributed by atoms with Crippen molar-refractivity contribution in [1.29, 1.82) is 0 Å². The first-order valence-electron chi connectivity index (χ1n) is 7.35. The minimum atomic E-state index is -0.125. The second-order valence-electron chi connectivity index (χ2n) is 6.27. The first kappa shape index (κ1) is 13.9. The molecule has 0 radical (unpaired) electrons. The lowest BCUT2D eigenvalue weighted by Crippen LogP contribution is -2.44. The topological polar surface area (TPSA) is 69.6 Å². The summed E-state index contributed by atoms with van der Waals surface area (Å²) in [5.74, 6) is 0.0311. The van der Waals surface area contributed by atoms with E-state index in [1.165, 1.54) is 0 Å². The van der Waals surface area contributed by atoms with Crippen LogP contribution in [-0.2, 0) is 4.79 Å². The third kappa shape index (κ3) is 2.60. The zero-order valence-electron chi connectivity index (χ0n) is 12.2. The Bertz CT molecular complexity index is 589. The standard InChI is InChI=1S/C16H20N2O3/c1-11-2-3-12(13(19)8-11)15(21)18-6-4-16(5-7-18)9-14(20)17-10-16/h2-3,8,19H,4-7,9-10H2,1H3,(H,17,20). The number of hydrogen-bond donors (Lipinski definition) is 2. The molecule has 5 heteroatoms. The predicted octanol–water partition coefficient (Wildman–Crippen LogP) is 1.44. The minimum absolute atomic E-state index is 0.0309. The molecule has 0 bridgehead atoms. The Labute approximate surface area is 123 Å². The van der Waals surface area contributed by atoms with E-state index in [2.05, 4.69) is 5.32 Å². The lowest BCUT2D eigenvalue weighted by Gasteiger charge is -2.38. The van der Waals surface area contributed by atoms with Crippen LogP contribution in [0.2, 0.25) is 0 Å². The van der Waals surface area contributed by atoms with Gasteiger partial charge in [0, 0.05) is 26.1 Å². The largest absolute Gasteiger partial charge is 0.507 e. The zero-order valence-corrected chi connectivity index (χ0v) is 12.2. The molecule has 0 aromatic heterocycles. The van der Waals surface area contributed by atoms with E-state index < -0.39 is 0 Å². The number of amides is 2. The first-order chi connectivity index (χ1) is 9.99. The van der Waals surface area contributed by atoms with Crippen molar-refractivity contribution >= 4 is 11.8 Å². The van der Waals surface area contributed by atoms with Crippen LogP contribution in [-0.4, -0.2) is 41.5 Å². The van der Waals surface area contributed by atoms with Gasteiger partial charge in [0.2, 0.25) is 5.91 Å². The van der Waals surface area contributed by atoms with Crippen LogP contribution in [0.5, 0.6) is 5.75 Å². The number of phenols is 1. The second-order valence-corrected chi connectivity index (χ2v) is 6.27. The summed E-state index contributed by atoms with van der Waals surface area (Å²) >= 11 is 0. The number of carbonyl (C=O) groups excluding carboxylic acids is 2. The monoisotopic (exact) mass is 288 g/mol. The highest BCUT2D eigenvalue weighted by Crippen LogP contribution is 2.38. The van der Waals surface area contributed by atoms with Gasteiger partial charge in [0.1, 0.15) is 5.75 Å². The summed E-state index contributed by atoms with van der Waals surface area (Å²) in [5, 5.41) is 12.8.